The molecule has 0 radical (unpaired) electrons. The molecule has 0 saturated carbocycles. The fourth-order valence-electron chi connectivity index (χ4n) is 2.31. The largest absolute Gasteiger partial charge is 0.513 e. The van der Waals surface area contributed by atoms with Crippen LogP contribution < -0.4 is 19.6 Å². The molecule has 0 aliphatic carbocycles. The van der Waals surface area contributed by atoms with E-state index in [1.807, 2.05) is 6.92 Å². The molecule has 0 unspecified atom stereocenters. The number of hydrogen-bond donors (Lipinski definition) is 0. The molecule has 0 atom stereocenters. The predicted octanol–water partition coefficient (Wildman–Crippen LogP) is 4.52. The molecule has 0 amide bonds. The Morgan fingerprint density at radius 1 is 1.04 bits per heavy atom. The number of fused-ring (bicyclic) bond motifs is 1. The van der Waals surface area contributed by atoms with E-state index in [-0.39, 0.29) is 29.1 Å². The number of rotatable bonds is 6. The van der Waals surface area contributed by atoms with Crippen LogP contribution in [-0.4, -0.2) is 19.9 Å². The van der Waals surface area contributed by atoms with Crippen molar-refractivity contribution in [1.82, 2.24) is 0 Å². The Morgan fingerprint density at radius 3 is 2.44 bits per heavy atom. The lowest BCUT2D eigenvalue weighted by Crippen LogP contribution is -2.11. The highest BCUT2D eigenvalue weighted by atomic mass is 16.7. The molecule has 0 saturated heterocycles. The van der Waals surface area contributed by atoms with Crippen LogP contribution in [-0.2, 0) is 4.74 Å². The van der Waals surface area contributed by atoms with Crippen molar-refractivity contribution < 1.29 is 28.2 Å². The monoisotopic (exact) mass is 370 g/mol. The molecule has 3 aromatic rings. The van der Waals surface area contributed by atoms with E-state index in [0.717, 1.165) is 0 Å². The summed E-state index contributed by atoms with van der Waals surface area (Å²) in [5.41, 5.74) is -0.0740. The average molecular weight is 370 g/mol. The summed E-state index contributed by atoms with van der Waals surface area (Å²) in [6, 6.07) is 11.2. The predicted molar refractivity (Wildman–Crippen MR) is 97.8 cm³/mol. The molecule has 7 nitrogen and oxygen atoms in total. The fraction of sp³-hybridized carbons (Fsp3) is 0.200. The van der Waals surface area contributed by atoms with Gasteiger partial charge in [-0.15, -0.1) is 0 Å². The third kappa shape index (κ3) is 4.38. The van der Waals surface area contributed by atoms with Gasteiger partial charge in [-0.3, -0.25) is 4.79 Å². The van der Waals surface area contributed by atoms with Gasteiger partial charge in [0, 0.05) is 6.07 Å². The lowest BCUT2D eigenvalue weighted by atomic mass is 10.2. The van der Waals surface area contributed by atoms with Gasteiger partial charge < -0.3 is 23.4 Å². The van der Waals surface area contributed by atoms with E-state index in [9.17, 15) is 9.59 Å². The Morgan fingerprint density at radius 2 is 1.74 bits per heavy atom. The van der Waals surface area contributed by atoms with Crippen molar-refractivity contribution in [2.75, 3.05) is 13.7 Å². The first kappa shape index (κ1) is 18.3. The van der Waals surface area contributed by atoms with Gasteiger partial charge in [-0.05, 0) is 42.8 Å². The second kappa shape index (κ2) is 8.27. The molecule has 3 rings (SSSR count). The Kier molecular flexibility index (Phi) is 5.61. The van der Waals surface area contributed by atoms with Crippen molar-refractivity contribution >= 4 is 17.1 Å². The number of benzene rings is 2. The average Bonchev–Trinajstić information content (AvgIpc) is 2.69. The first-order valence-corrected chi connectivity index (χ1v) is 8.32. The molecule has 0 bridgehead atoms. The molecule has 27 heavy (non-hydrogen) atoms. The minimum Gasteiger partial charge on any atom is -0.497 e. The summed E-state index contributed by atoms with van der Waals surface area (Å²) in [6.45, 7) is 2.15. The van der Waals surface area contributed by atoms with E-state index in [2.05, 4.69) is 0 Å². The summed E-state index contributed by atoms with van der Waals surface area (Å²) in [6.07, 6.45) is 1.10. The molecule has 1 aromatic heterocycles. The van der Waals surface area contributed by atoms with Gasteiger partial charge in [-0.2, -0.15) is 0 Å². The normalized spacial score (nSPS) is 10.4. The summed E-state index contributed by atoms with van der Waals surface area (Å²) in [7, 11) is 1.56. The number of ether oxygens (including phenoxy) is 4. The van der Waals surface area contributed by atoms with Crippen LogP contribution in [0.1, 0.15) is 13.3 Å². The summed E-state index contributed by atoms with van der Waals surface area (Å²) in [5, 5.41) is 0.301. The second-order valence-corrected chi connectivity index (χ2v) is 5.57. The highest BCUT2D eigenvalue weighted by Gasteiger charge is 2.12. The van der Waals surface area contributed by atoms with Gasteiger partial charge in [-0.25, -0.2) is 4.79 Å². The van der Waals surface area contributed by atoms with E-state index in [0.29, 0.717) is 23.3 Å². The Bertz CT molecular complexity index is 989. The van der Waals surface area contributed by atoms with Gasteiger partial charge in [0.05, 0.1) is 19.1 Å². The van der Waals surface area contributed by atoms with Gasteiger partial charge in [0.25, 0.3) is 0 Å². The van der Waals surface area contributed by atoms with Crippen molar-refractivity contribution in [3.8, 4) is 23.0 Å². The lowest BCUT2D eigenvalue weighted by Gasteiger charge is -2.08. The first-order chi connectivity index (χ1) is 13.1. The first-order valence-electron chi connectivity index (χ1n) is 8.32. The Hall–Kier alpha value is -3.48. The van der Waals surface area contributed by atoms with Crippen molar-refractivity contribution in [2.24, 2.45) is 0 Å². The second-order valence-electron chi connectivity index (χ2n) is 5.57. The Balaban J connectivity index is 1.81. The summed E-state index contributed by atoms with van der Waals surface area (Å²) >= 11 is 0. The lowest BCUT2D eigenvalue weighted by molar-refractivity contribution is 0.0992. The van der Waals surface area contributed by atoms with Crippen molar-refractivity contribution in [1.29, 1.82) is 0 Å². The van der Waals surface area contributed by atoms with Crippen molar-refractivity contribution in [3.63, 3.8) is 0 Å². The summed E-state index contributed by atoms with van der Waals surface area (Å²) in [4.78, 5) is 24.1. The maximum Gasteiger partial charge on any atom is 0.513 e. The smallest absolute Gasteiger partial charge is 0.497 e. The van der Waals surface area contributed by atoms with Crippen LogP contribution in [0.2, 0.25) is 0 Å². The zero-order valence-electron chi connectivity index (χ0n) is 14.9. The van der Waals surface area contributed by atoms with E-state index in [1.54, 1.807) is 31.4 Å². The molecule has 2 aromatic carbocycles. The molecular weight excluding hydrogens is 352 g/mol. The van der Waals surface area contributed by atoms with Crippen LogP contribution in [0, 0.1) is 0 Å². The van der Waals surface area contributed by atoms with Crippen LogP contribution in [0.5, 0.6) is 23.0 Å². The molecule has 7 heteroatoms. The third-order valence-electron chi connectivity index (χ3n) is 3.63. The molecule has 140 valence electrons. The molecule has 1 heterocycles. The topological polar surface area (TPSA) is 84.2 Å². The number of carbonyl (C=O) groups excluding carboxylic acids is 1. The van der Waals surface area contributed by atoms with Crippen molar-refractivity contribution in [3.05, 3.63) is 59.0 Å². The molecule has 0 spiro atoms. The van der Waals surface area contributed by atoms with Gasteiger partial charge in [0.15, 0.2) is 0 Å². The molecule has 0 aliphatic rings. The maximum absolute atomic E-state index is 12.6. The maximum atomic E-state index is 12.6. The molecule has 0 N–H and O–H groups in total. The van der Waals surface area contributed by atoms with E-state index in [4.69, 9.17) is 23.4 Å². The van der Waals surface area contributed by atoms with Crippen LogP contribution >= 0.6 is 0 Å². The molecule has 0 fully saturated rings. The standard InChI is InChI=1S/C20H18O7/c1-3-10-24-20(22)27-15-8-9-16-17(11-15)25-12-18(19(16)21)26-14-6-4-13(23-2)5-7-14/h4-9,11-12H,3,10H2,1-2H3. The van der Waals surface area contributed by atoms with E-state index >= 15 is 0 Å². The van der Waals surface area contributed by atoms with E-state index < -0.39 is 6.16 Å². The number of hydrogen-bond acceptors (Lipinski definition) is 7. The third-order valence-corrected chi connectivity index (χ3v) is 3.63. The van der Waals surface area contributed by atoms with Crippen LogP contribution in [0.3, 0.4) is 0 Å². The minimum absolute atomic E-state index is 0.0451. The minimum atomic E-state index is -0.807. The highest BCUT2D eigenvalue weighted by Crippen LogP contribution is 2.25. The van der Waals surface area contributed by atoms with E-state index in [1.165, 1.54) is 24.5 Å². The zero-order valence-corrected chi connectivity index (χ0v) is 14.9. The molecular formula is C20H18O7. The highest BCUT2D eigenvalue weighted by molar-refractivity contribution is 5.80. The number of methoxy groups -OCH3 is 1. The van der Waals surface area contributed by atoms with Gasteiger partial charge >= 0.3 is 6.16 Å². The quantitative estimate of drug-likeness (QED) is 0.466. The molecule has 0 aliphatic heterocycles. The summed E-state index contributed by atoms with van der Waals surface area (Å²) in [5.74, 6) is 1.42. The fourth-order valence-corrected chi connectivity index (χ4v) is 2.31. The van der Waals surface area contributed by atoms with Gasteiger partial charge in [0.2, 0.25) is 11.2 Å². The zero-order chi connectivity index (χ0) is 19.2. The Labute approximate surface area is 155 Å². The van der Waals surface area contributed by atoms with Crippen LogP contribution in [0.25, 0.3) is 11.0 Å². The van der Waals surface area contributed by atoms with Crippen molar-refractivity contribution in [2.45, 2.75) is 13.3 Å². The SMILES string of the molecule is CCCOC(=O)Oc1ccc2c(=O)c(Oc3ccc(OC)cc3)coc2c1. The van der Waals surface area contributed by atoms with Crippen LogP contribution in [0.4, 0.5) is 4.79 Å². The van der Waals surface area contributed by atoms with Crippen LogP contribution in [0.15, 0.2) is 57.9 Å². The van der Waals surface area contributed by atoms with Gasteiger partial charge in [0.1, 0.15) is 29.1 Å². The summed E-state index contributed by atoms with van der Waals surface area (Å²) < 4.78 is 26.0. The number of carbonyl (C=O) groups is 1. The van der Waals surface area contributed by atoms with Gasteiger partial charge in [-0.1, -0.05) is 6.92 Å².